The summed E-state index contributed by atoms with van der Waals surface area (Å²) in [4.78, 5) is 29.0. The summed E-state index contributed by atoms with van der Waals surface area (Å²) in [5.74, 6) is -0.519. The molecule has 128 valence electrons. The van der Waals surface area contributed by atoms with E-state index in [0.29, 0.717) is 22.4 Å². The number of allylic oxidation sites excluding steroid dienone is 2. The van der Waals surface area contributed by atoms with E-state index in [9.17, 15) is 22.8 Å². The molecule has 2 aromatic rings. The van der Waals surface area contributed by atoms with Crippen molar-refractivity contribution in [2.45, 2.75) is 26.4 Å². The third-order valence-electron chi connectivity index (χ3n) is 4.24. The largest absolute Gasteiger partial charge is 0.417 e. The molecule has 3 rings (SSSR count). The van der Waals surface area contributed by atoms with Gasteiger partial charge in [0.05, 0.1) is 5.56 Å². The van der Waals surface area contributed by atoms with Crippen LogP contribution in [0.4, 0.5) is 13.2 Å². The van der Waals surface area contributed by atoms with Crippen molar-refractivity contribution >= 4 is 11.6 Å². The zero-order chi connectivity index (χ0) is 18.4. The van der Waals surface area contributed by atoms with E-state index in [0.717, 1.165) is 17.8 Å². The Hall–Kier alpha value is -2.76. The molecule has 0 saturated heterocycles. The topological polar surface area (TPSA) is 47.0 Å². The lowest BCUT2D eigenvalue weighted by molar-refractivity contribution is -0.137. The molecule has 0 spiro atoms. The van der Waals surface area contributed by atoms with E-state index < -0.39 is 11.7 Å². The summed E-state index contributed by atoms with van der Waals surface area (Å²) in [6.45, 7) is 3.39. The molecule has 1 aromatic carbocycles. The highest BCUT2D eigenvalue weighted by Crippen LogP contribution is 2.30. The Morgan fingerprint density at radius 1 is 0.960 bits per heavy atom. The molecule has 0 unspecified atom stereocenters. The molecule has 0 amide bonds. The molecule has 6 heteroatoms. The number of benzene rings is 1. The van der Waals surface area contributed by atoms with Crippen LogP contribution in [0.25, 0.3) is 0 Å². The van der Waals surface area contributed by atoms with Crippen molar-refractivity contribution < 1.29 is 22.8 Å². The van der Waals surface area contributed by atoms with Gasteiger partial charge in [-0.3, -0.25) is 14.6 Å². The molecule has 1 heterocycles. The molecule has 0 radical (unpaired) electrons. The number of rotatable bonds is 2. The second kappa shape index (κ2) is 5.95. The molecule has 0 N–H and O–H groups in total. The quantitative estimate of drug-likeness (QED) is 0.813. The maximum absolute atomic E-state index is 12.7. The van der Waals surface area contributed by atoms with Crippen molar-refractivity contribution in [3.8, 4) is 0 Å². The maximum atomic E-state index is 12.7. The number of nitrogens with zero attached hydrogens (tertiary/aromatic N) is 1. The number of ketones is 2. The number of carbonyl (C=O) groups excluding carboxylic acids is 2. The third-order valence-corrected chi connectivity index (χ3v) is 4.24. The lowest BCUT2D eigenvalue weighted by atomic mass is 9.82. The fraction of sp³-hybridized carbons (Fsp3) is 0.211. The Labute approximate surface area is 142 Å². The first kappa shape index (κ1) is 17.1. The molecule has 1 aliphatic rings. The van der Waals surface area contributed by atoms with Crippen LogP contribution in [0, 0.1) is 6.92 Å². The zero-order valence-electron chi connectivity index (χ0n) is 13.6. The Bertz CT molecular complexity index is 909. The van der Waals surface area contributed by atoms with Gasteiger partial charge in [-0.05, 0) is 32.0 Å². The van der Waals surface area contributed by atoms with Crippen molar-refractivity contribution in [3.05, 3.63) is 75.6 Å². The van der Waals surface area contributed by atoms with Gasteiger partial charge in [0.2, 0.25) is 0 Å². The van der Waals surface area contributed by atoms with Gasteiger partial charge in [-0.15, -0.1) is 0 Å². The second-order valence-corrected chi connectivity index (χ2v) is 6.02. The highest BCUT2D eigenvalue weighted by molar-refractivity contribution is 6.26. The Balaban J connectivity index is 1.95. The van der Waals surface area contributed by atoms with E-state index in [1.807, 2.05) is 6.92 Å². The molecular formula is C19H14F3NO2. The number of halogens is 3. The highest BCUT2D eigenvalue weighted by Gasteiger charge is 2.32. The number of aryl methyl sites for hydroxylation is 1. The van der Waals surface area contributed by atoms with E-state index in [1.54, 1.807) is 25.1 Å². The van der Waals surface area contributed by atoms with Crippen LogP contribution in [0.3, 0.4) is 0 Å². The third kappa shape index (κ3) is 3.12. The van der Waals surface area contributed by atoms with Gasteiger partial charge >= 0.3 is 6.18 Å². The number of Topliss-reactive ketones (excluding diaryl/α,β-unsaturated/α-hetero) is 2. The monoisotopic (exact) mass is 345 g/mol. The maximum Gasteiger partial charge on any atom is 0.417 e. The van der Waals surface area contributed by atoms with Crippen molar-refractivity contribution in [2.75, 3.05) is 0 Å². The molecule has 0 aliphatic heterocycles. The van der Waals surface area contributed by atoms with Crippen molar-refractivity contribution in [2.24, 2.45) is 0 Å². The van der Waals surface area contributed by atoms with Gasteiger partial charge in [0.15, 0.2) is 11.6 Å². The van der Waals surface area contributed by atoms with Gasteiger partial charge < -0.3 is 0 Å². The van der Waals surface area contributed by atoms with Gasteiger partial charge in [-0.1, -0.05) is 17.7 Å². The van der Waals surface area contributed by atoms with Crippen LogP contribution in [-0.4, -0.2) is 16.6 Å². The number of aromatic nitrogens is 1. The molecule has 0 bridgehead atoms. The number of hydrogen-bond donors (Lipinski definition) is 0. The number of hydrogen-bond acceptors (Lipinski definition) is 3. The minimum absolute atomic E-state index is 0.0157. The first-order chi connectivity index (χ1) is 11.7. The van der Waals surface area contributed by atoms with Gasteiger partial charge in [-0.25, -0.2) is 0 Å². The Morgan fingerprint density at radius 2 is 1.68 bits per heavy atom. The van der Waals surface area contributed by atoms with Crippen molar-refractivity contribution in [1.29, 1.82) is 0 Å². The van der Waals surface area contributed by atoms with Crippen LogP contribution in [-0.2, 0) is 12.6 Å². The number of alkyl halides is 3. The fourth-order valence-electron chi connectivity index (χ4n) is 2.81. The van der Waals surface area contributed by atoms with E-state index in [2.05, 4.69) is 4.98 Å². The molecule has 0 saturated carbocycles. The molecule has 25 heavy (non-hydrogen) atoms. The standard InChI is InChI=1S/C19H14F3NO2/c1-10-3-6-14-16(7-10)17(24)11(2)15(18(14)25)8-13-5-4-12(9-23-13)19(20,21)22/h3-7,9H,8H2,1-2H3. The van der Waals surface area contributed by atoms with E-state index in [4.69, 9.17) is 0 Å². The summed E-state index contributed by atoms with van der Waals surface area (Å²) in [7, 11) is 0. The fourth-order valence-corrected chi connectivity index (χ4v) is 2.81. The van der Waals surface area contributed by atoms with Crippen LogP contribution < -0.4 is 0 Å². The van der Waals surface area contributed by atoms with Crippen LogP contribution in [0.5, 0.6) is 0 Å². The summed E-state index contributed by atoms with van der Waals surface area (Å²) < 4.78 is 37.8. The smallest absolute Gasteiger partial charge is 0.289 e. The van der Waals surface area contributed by atoms with Gasteiger partial charge in [-0.2, -0.15) is 13.2 Å². The van der Waals surface area contributed by atoms with E-state index >= 15 is 0 Å². The van der Waals surface area contributed by atoms with E-state index in [1.165, 1.54) is 6.07 Å². The summed E-state index contributed by atoms with van der Waals surface area (Å²) in [6.07, 6.45) is -3.71. The summed E-state index contributed by atoms with van der Waals surface area (Å²) in [6, 6.07) is 7.18. The summed E-state index contributed by atoms with van der Waals surface area (Å²) in [5, 5.41) is 0. The lowest BCUT2D eigenvalue weighted by Crippen LogP contribution is -2.22. The number of carbonyl (C=O) groups is 2. The van der Waals surface area contributed by atoms with Crippen LogP contribution in [0.2, 0.25) is 0 Å². The van der Waals surface area contributed by atoms with Gasteiger partial charge in [0, 0.05) is 40.6 Å². The van der Waals surface area contributed by atoms with E-state index in [-0.39, 0.29) is 23.6 Å². The molecule has 1 aromatic heterocycles. The molecular weight excluding hydrogens is 331 g/mol. The molecule has 3 nitrogen and oxygen atoms in total. The minimum atomic E-state index is -4.46. The normalized spacial score (nSPS) is 14.8. The predicted octanol–water partition coefficient (Wildman–Crippen LogP) is 4.35. The Kier molecular flexibility index (Phi) is 4.06. The van der Waals surface area contributed by atoms with Crippen molar-refractivity contribution in [1.82, 2.24) is 4.98 Å². The first-order valence-corrected chi connectivity index (χ1v) is 7.60. The molecule has 0 fully saturated rings. The molecule has 1 aliphatic carbocycles. The zero-order valence-corrected chi connectivity index (χ0v) is 13.6. The minimum Gasteiger partial charge on any atom is -0.289 e. The van der Waals surface area contributed by atoms with Crippen LogP contribution in [0.1, 0.15) is 44.5 Å². The summed E-state index contributed by atoms with van der Waals surface area (Å²) >= 11 is 0. The van der Waals surface area contributed by atoms with Gasteiger partial charge in [0.25, 0.3) is 0 Å². The van der Waals surface area contributed by atoms with Crippen LogP contribution >= 0.6 is 0 Å². The van der Waals surface area contributed by atoms with Crippen molar-refractivity contribution in [3.63, 3.8) is 0 Å². The SMILES string of the molecule is CC1=C(Cc2ccc(C(F)(F)F)cn2)C(=O)c2ccc(C)cc2C1=O. The second-order valence-electron chi connectivity index (χ2n) is 6.02. The van der Waals surface area contributed by atoms with Gasteiger partial charge in [0.1, 0.15) is 0 Å². The van der Waals surface area contributed by atoms with Crippen LogP contribution in [0.15, 0.2) is 47.7 Å². The lowest BCUT2D eigenvalue weighted by Gasteiger charge is -2.19. The highest BCUT2D eigenvalue weighted by atomic mass is 19.4. The first-order valence-electron chi connectivity index (χ1n) is 7.60. The summed E-state index contributed by atoms with van der Waals surface area (Å²) in [5.41, 5.74) is 1.60. The average Bonchev–Trinajstić information content (AvgIpc) is 2.56. The average molecular weight is 345 g/mol. The molecule has 0 atom stereocenters. The number of pyridine rings is 1. The predicted molar refractivity (Wildman–Crippen MR) is 85.5 cm³/mol. The Morgan fingerprint density at radius 3 is 2.28 bits per heavy atom. The number of fused-ring (bicyclic) bond motifs is 1.